The first-order valence-electron chi connectivity index (χ1n) is 5.46. The smallest absolute Gasteiger partial charge is 0.237 e. The van der Waals surface area contributed by atoms with Crippen molar-refractivity contribution in [3.8, 4) is 0 Å². The number of hydrogen-bond acceptors (Lipinski definition) is 3. The Morgan fingerprint density at radius 2 is 2.50 bits per heavy atom. The van der Waals surface area contributed by atoms with E-state index >= 15 is 0 Å². The molecule has 0 aromatic carbocycles. The molecule has 1 aromatic heterocycles. The van der Waals surface area contributed by atoms with E-state index in [2.05, 4.69) is 10.6 Å². The molecule has 1 aromatic rings. The number of amides is 1. The largest absolute Gasteiger partial charge is 0.347 e. The van der Waals surface area contributed by atoms with Crippen LogP contribution in [0.3, 0.4) is 0 Å². The van der Waals surface area contributed by atoms with Crippen LogP contribution in [0.15, 0.2) is 12.1 Å². The zero-order valence-corrected chi connectivity index (χ0v) is 10.7. The summed E-state index contributed by atoms with van der Waals surface area (Å²) in [6.45, 7) is 2.92. The fourth-order valence-electron chi connectivity index (χ4n) is 1.85. The quantitative estimate of drug-likeness (QED) is 0.874. The number of thiophene rings is 1. The minimum Gasteiger partial charge on any atom is -0.347 e. The number of rotatable bonds is 3. The predicted octanol–water partition coefficient (Wildman–Crippen LogP) is 2.33. The fourth-order valence-corrected chi connectivity index (χ4v) is 2.92. The van der Waals surface area contributed by atoms with Gasteiger partial charge in [-0.05, 0) is 38.4 Å². The molecule has 2 heterocycles. The summed E-state index contributed by atoms with van der Waals surface area (Å²) >= 11 is 7.37. The van der Waals surface area contributed by atoms with E-state index in [1.807, 2.05) is 19.1 Å². The fraction of sp³-hybridized carbons (Fsp3) is 0.545. The second kappa shape index (κ2) is 5.17. The predicted molar refractivity (Wildman–Crippen MR) is 66.9 cm³/mol. The third-order valence-electron chi connectivity index (χ3n) is 2.76. The van der Waals surface area contributed by atoms with Crippen LogP contribution in [0.2, 0.25) is 4.34 Å². The summed E-state index contributed by atoms with van der Waals surface area (Å²) in [5.41, 5.74) is 0. The Morgan fingerprint density at radius 1 is 1.69 bits per heavy atom. The number of carbonyl (C=O) groups excluding carboxylic acids is 1. The Labute approximate surface area is 104 Å². The maximum Gasteiger partial charge on any atom is 0.237 e. The summed E-state index contributed by atoms with van der Waals surface area (Å²) in [5, 5.41) is 6.19. The van der Waals surface area contributed by atoms with Gasteiger partial charge in [0.15, 0.2) is 0 Å². The van der Waals surface area contributed by atoms with Gasteiger partial charge in [-0.15, -0.1) is 11.3 Å². The Morgan fingerprint density at radius 3 is 3.06 bits per heavy atom. The molecule has 2 atom stereocenters. The summed E-state index contributed by atoms with van der Waals surface area (Å²) in [5.74, 6) is 0.0922. The van der Waals surface area contributed by atoms with Gasteiger partial charge in [0.25, 0.3) is 0 Å². The molecule has 0 radical (unpaired) electrons. The first kappa shape index (κ1) is 11.9. The van der Waals surface area contributed by atoms with Gasteiger partial charge in [-0.3, -0.25) is 4.79 Å². The van der Waals surface area contributed by atoms with Crippen molar-refractivity contribution in [1.82, 2.24) is 10.6 Å². The summed E-state index contributed by atoms with van der Waals surface area (Å²) < 4.78 is 0.759. The topological polar surface area (TPSA) is 41.1 Å². The van der Waals surface area contributed by atoms with Crippen LogP contribution in [0.5, 0.6) is 0 Å². The second-order valence-electron chi connectivity index (χ2n) is 4.02. The highest BCUT2D eigenvalue weighted by Gasteiger charge is 2.23. The second-order valence-corrected chi connectivity index (χ2v) is 5.77. The van der Waals surface area contributed by atoms with E-state index in [9.17, 15) is 4.79 Å². The molecule has 0 aliphatic carbocycles. The molecule has 1 saturated heterocycles. The highest BCUT2D eigenvalue weighted by Crippen LogP contribution is 2.26. The first-order chi connectivity index (χ1) is 7.66. The van der Waals surface area contributed by atoms with E-state index in [-0.39, 0.29) is 18.0 Å². The lowest BCUT2D eigenvalue weighted by atomic mass is 10.2. The third kappa shape index (κ3) is 2.75. The van der Waals surface area contributed by atoms with Crippen LogP contribution >= 0.6 is 22.9 Å². The van der Waals surface area contributed by atoms with Gasteiger partial charge >= 0.3 is 0 Å². The number of hydrogen-bond donors (Lipinski definition) is 2. The van der Waals surface area contributed by atoms with Gasteiger partial charge in [0.1, 0.15) is 0 Å². The molecule has 1 aliphatic heterocycles. The van der Waals surface area contributed by atoms with Crippen LogP contribution in [-0.4, -0.2) is 18.5 Å². The lowest BCUT2D eigenvalue weighted by Crippen LogP contribution is -2.41. The van der Waals surface area contributed by atoms with Crippen LogP contribution < -0.4 is 10.6 Å². The van der Waals surface area contributed by atoms with Gasteiger partial charge < -0.3 is 10.6 Å². The SMILES string of the molecule is CC(NC(=O)C1CCCN1)c1ccc(Cl)s1. The lowest BCUT2D eigenvalue weighted by Gasteiger charge is -2.15. The molecule has 88 valence electrons. The van der Waals surface area contributed by atoms with E-state index in [1.165, 1.54) is 11.3 Å². The van der Waals surface area contributed by atoms with Crippen molar-refractivity contribution in [1.29, 1.82) is 0 Å². The minimum atomic E-state index is -0.0158. The first-order valence-corrected chi connectivity index (χ1v) is 6.65. The highest BCUT2D eigenvalue weighted by molar-refractivity contribution is 7.16. The van der Waals surface area contributed by atoms with Crippen molar-refractivity contribution in [3.63, 3.8) is 0 Å². The summed E-state index contributed by atoms with van der Waals surface area (Å²) in [6.07, 6.45) is 2.01. The molecular formula is C11H15ClN2OS. The van der Waals surface area contributed by atoms with Crippen LogP contribution in [-0.2, 0) is 4.79 Å². The number of halogens is 1. The van der Waals surface area contributed by atoms with Gasteiger partial charge in [-0.2, -0.15) is 0 Å². The molecule has 2 unspecified atom stereocenters. The molecule has 1 amide bonds. The van der Waals surface area contributed by atoms with Crippen molar-refractivity contribution in [2.75, 3.05) is 6.54 Å². The maximum atomic E-state index is 11.8. The van der Waals surface area contributed by atoms with E-state index < -0.39 is 0 Å². The van der Waals surface area contributed by atoms with Crippen molar-refractivity contribution >= 4 is 28.8 Å². The van der Waals surface area contributed by atoms with Crippen LogP contribution in [0, 0.1) is 0 Å². The molecule has 0 bridgehead atoms. The van der Waals surface area contributed by atoms with E-state index in [0.29, 0.717) is 0 Å². The van der Waals surface area contributed by atoms with Crippen LogP contribution in [0.25, 0.3) is 0 Å². The molecule has 16 heavy (non-hydrogen) atoms. The van der Waals surface area contributed by atoms with E-state index in [0.717, 1.165) is 28.6 Å². The van der Waals surface area contributed by atoms with Crippen molar-refractivity contribution in [2.24, 2.45) is 0 Å². The third-order valence-corrected chi connectivity index (χ3v) is 4.17. The summed E-state index contributed by atoms with van der Waals surface area (Å²) in [7, 11) is 0. The molecule has 2 rings (SSSR count). The Hall–Kier alpha value is -0.580. The molecular weight excluding hydrogens is 244 g/mol. The van der Waals surface area contributed by atoms with E-state index in [1.54, 1.807) is 0 Å². The highest BCUT2D eigenvalue weighted by atomic mass is 35.5. The molecule has 0 saturated carbocycles. The maximum absolute atomic E-state index is 11.8. The minimum absolute atomic E-state index is 0.0158. The van der Waals surface area contributed by atoms with Crippen LogP contribution in [0.4, 0.5) is 0 Å². The average molecular weight is 259 g/mol. The van der Waals surface area contributed by atoms with Gasteiger partial charge in [0, 0.05) is 4.88 Å². The molecule has 1 fully saturated rings. The monoisotopic (exact) mass is 258 g/mol. The van der Waals surface area contributed by atoms with Gasteiger partial charge in [-0.25, -0.2) is 0 Å². The van der Waals surface area contributed by atoms with Crippen molar-refractivity contribution in [2.45, 2.75) is 31.8 Å². The summed E-state index contributed by atoms with van der Waals surface area (Å²) in [4.78, 5) is 12.9. The van der Waals surface area contributed by atoms with Crippen molar-refractivity contribution in [3.05, 3.63) is 21.3 Å². The van der Waals surface area contributed by atoms with Gasteiger partial charge in [0.2, 0.25) is 5.91 Å². The average Bonchev–Trinajstić information content (AvgIpc) is 2.87. The van der Waals surface area contributed by atoms with Gasteiger partial charge in [-0.1, -0.05) is 11.6 Å². The van der Waals surface area contributed by atoms with E-state index in [4.69, 9.17) is 11.6 Å². The number of carbonyl (C=O) groups is 1. The number of nitrogens with one attached hydrogen (secondary N) is 2. The molecule has 5 heteroatoms. The summed E-state index contributed by atoms with van der Waals surface area (Å²) in [6, 6.07) is 3.84. The molecule has 0 spiro atoms. The zero-order valence-electron chi connectivity index (χ0n) is 9.13. The Kier molecular flexibility index (Phi) is 3.84. The normalized spacial score (nSPS) is 22.0. The standard InChI is InChI=1S/C11H15ClN2OS/c1-7(9-4-5-10(12)16-9)14-11(15)8-3-2-6-13-8/h4-5,7-8,13H,2-3,6H2,1H3,(H,14,15). The van der Waals surface area contributed by atoms with Gasteiger partial charge in [0.05, 0.1) is 16.4 Å². The molecule has 1 aliphatic rings. The molecule has 3 nitrogen and oxygen atoms in total. The Bertz CT molecular complexity index is 374. The zero-order chi connectivity index (χ0) is 11.5. The Balaban J connectivity index is 1.91. The van der Waals surface area contributed by atoms with Crippen molar-refractivity contribution < 1.29 is 4.79 Å². The van der Waals surface area contributed by atoms with Crippen LogP contribution in [0.1, 0.15) is 30.7 Å². The molecule has 2 N–H and O–H groups in total. The lowest BCUT2D eigenvalue weighted by molar-refractivity contribution is -0.123.